The van der Waals surface area contributed by atoms with E-state index in [1.165, 1.54) is 0 Å². The van der Waals surface area contributed by atoms with Gasteiger partial charge in [0.1, 0.15) is 5.60 Å². The first-order valence-corrected chi connectivity index (χ1v) is 9.42. The molecule has 0 saturated heterocycles. The minimum Gasteiger partial charge on any atom is -0.481 e. The molecular formula is C24H22N2O3. The van der Waals surface area contributed by atoms with Gasteiger partial charge in [-0.2, -0.15) is 0 Å². The molecule has 2 aromatic carbocycles. The number of para-hydroxylation sites is 1. The van der Waals surface area contributed by atoms with Crippen LogP contribution in [0.25, 0.3) is 32.9 Å². The molecule has 29 heavy (non-hydrogen) atoms. The van der Waals surface area contributed by atoms with Crippen LogP contribution in [0.4, 0.5) is 0 Å². The second-order valence-corrected chi connectivity index (χ2v) is 7.83. The van der Waals surface area contributed by atoms with E-state index >= 15 is 0 Å². The second kappa shape index (κ2) is 7.17. The first-order valence-electron chi connectivity index (χ1n) is 9.42. The minimum atomic E-state index is -0.563. The molecule has 0 radical (unpaired) electrons. The maximum Gasteiger partial charge on any atom is 0.338 e. The first-order chi connectivity index (χ1) is 13.9. The molecule has 2 heterocycles. The molecule has 0 spiro atoms. The fourth-order valence-corrected chi connectivity index (χ4v) is 3.31. The Morgan fingerprint density at radius 2 is 1.76 bits per heavy atom. The zero-order chi connectivity index (χ0) is 20.6. The lowest BCUT2D eigenvalue weighted by atomic mass is 9.97. The lowest BCUT2D eigenvalue weighted by Crippen LogP contribution is -2.23. The summed E-state index contributed by atoms with van der Waals surface area (Å²) < 4.78 is 11.0. The first kappa shape index (κ1) is 18.9. The molecule has 0 atom stereocenters. The molecule has 0 N–H and O–H groups in total. The number of hydrogen-bond acceptors (Lipinski definition) is 5. The van der Waals surface area contributed by atoms with Crippen LogP contribution in [0.15, 0.2) is 60.8 Å². The van der Waals surface area contributed by atoms with Gasteiger partial charge in [-0.05, 0) is 50.6 Å². The SMILES string of the molecule is COc1cc(-c2cccc3cccnc23)c2cc(C(=O)OC(C)(C)C)ccc2n1. The van der Waals surface area contributed by atoms with Crippen molar-refractivity contribution in [1.29, 1.82) is 0 Å². The van der Waals surface area contributed by atoms with Crippen LogP contribution in [0.2, 0.25) is 0 Å². The summed E-state index contributed by atoms with van der Waals surface area (Å²) in [6, 6.07) is 17.2. The number of esters is 1. The van der Waals surface area contributed by atoms with Crippen molar-refractivity contribution in [3.05, 3.63) is 66.4 Å². The Morgan fingerprint density at radius 1 is 0.966 bits per heavy atom. The molecule has 0 fully saturated rings. The van der Waals surface area contributed by atoms with Gasteiger partial charge < -0.3 is 9.47 Å². The molecule has 0 amide bonds. The summed E-state index contributed by atoms with van der Waals surface area (Å²) in [7, 11) is 1.59. The average Bonchev–Trinajstić information content (AvgIpc) is 2.71. The van der Waals surface area contributed by atoms with Crippen LogP contribution in [-0.2, 0) is 4.74 Å². The van der Waals surface area contributed by atoms with Crippen LogP contribution in [0, 0.1) is 0 Å². The van der Waals surface area contributed by atoms with Crippen molar-refractivity contribution in [2.24, 2.45) is 0 Å². The summed E-state index contributed by atoms with van der Waals surface area (Å²) in [5.41, 5.74) is 3.39. The Hall–Kier alpha value is -3.47. The van der Waals surface area contributed by atoms with E-state index < -0.39 is 5.60 Å². The van der Waals surface area contributed by atoms with E-state index in [0.717, 1.165) is 32.9 Å². The molecule has 0 aliphatic heterocycles. The molecule has 2 aromatic heterocycles. The van der Waals surface area contributed by atoms with Gasteiger partial charge in [-0.1, -0.05) is 24.3 Å². The number of methoxy groups -OCH3 is 1. The summed E-state index contributed by atoms with van der Waals surface area (Å²) in [5.74, 6) is 0.141. The van der Waals surface area contributed by atoms with Crippen molar-refractivity contribution >= 4 is 27.8 Å². The van der Waals surface area contributed by atoms with Gasteiger partial charge in [-0.25, -0.2) is 9.78 Å². The van der Waals surface area contributed by atoms with Gasteiger partial charge in [-0.3, -0.25) is 4.98 Å². The van der Waals surface area contributed by atoms with Crippen molar-refractivity contribution in [1.82, 2.24) is 9.97 Å². The standard InChI is InChI=1S/C24H22N2O3/c1-24(2,3)29-23(27)16-10-11-20-19(13-16)18(14-21(26-20)28-4)17-9-5-7-15-8-6-12-25-22(15)17/h5-14H,1-4H3. The maximum absolute atomic E-state index is 12.6. The predicted octanol–water partition coefficient (Wildman–Crippen LogP) is 5.41. The monoisotopic (exact) mass is 386 g/mol. The van der Waals surface area contributed by atoms with E-state index in [4.69, 9.17) is 9.47 Å². The molecule has 5 nitrogen and oxygen atoms in total. The molecule has 0 bridgehead atoms. The third-order valence-electron chi connectivity index (χ3n) is 4.55. The molecule has 0 aliphatic carbocycles. The highest BCUT2D eigenvalue weighted by Gasteiger charge is 2.19. The highest BCUT2D eigenvalue weighted by atomic mass is 16.6. The number of aromatic nitrogens is 2. The number of pyridine rings is 2. The third-order valence-corrected chi connectivity index (χ3v) is 4.55. The lowest BCUT2D eigenvalue weighted by molar-refractivity contribution is 0.00697. The maximum atomic E-state index is 12.6. The topological polar surface area (TPSA) is 61.3 Å². The fourth-order valence-electron chi connectivity index (χ4n) is 3.31. The molecule has 146 valence electrons. The summed E-state index contributed by atoms with van der Waals surface area (Å²) >= 11 is 0. The van der Waals surface area contributed by atoms with Gasteiger partial charge in [0.05, 0.1) is 23.7 Å². The zero-order valence-corrected chi connectivity index (χ0v) is 16.9. The summed E-state index contributed by atoms with van der Waals surface area (Å²) in [6.45, 7) is 5.56. The largest absolute Gasteiger partial charge is 0.481 e. The Balaban J connectivity index is 1.96. The molecule has 0 saturated carbocycles. The van der Waals surface area contributed by atoms with Crippen LogP contribution in [-0.4, -0.2) is 28.6 Å². The van der Waals surface area contributed by atoms with E-state index in [2.05, 4.69) is 9.97 Å². The van der Waals surface area contributed by atoms with Crippen molar-refractivity contribution < 1.29 is 14.3 Å². The summed E-state index contributed by atoms with van der Waals surface area (Å²) in [5, 5.41) is 1.88. The van der Waals surface area contributed by atoms with Crippen LogP contribution < -0.4 is 4.74 Å². The van der Waals surface area contributed by atoms with Gasteiger partial charge in [0, 0.05) is 28.6 Å². The van der Waals surface area contributed by atoms with E-state index in [9.17, 15) is 4.79 Å². The minimum absolute atomic E-state index is 0.364. The fraction of sp³-hybridized carbons (Fsp3) is 0.208. The zero-order valence-electron chi connectivity index (χ0n) is 16.9. The molecule has 5 heteroatoms. The van der Waals surface area contributed by atoms with E-state index in [0.29, 0.717) is 11.4 Å². The normalized spacial score (nSPS) is 11.6. The molecular weight excluding hydrogens is 364 g/mol. The number of nitrogens with zero attached hydrogens (tertiary/aromatic N) is 2. The van der Waals surface area contributed by atoms with Crippen LogP contribution in [0.3, 0.4) is 0 Å². The number of carbonyl (C=O) groups is 1. The highest BCUT2D eigenvalue weighted by molar-refractivity contribution is 6.05. The molecule has 0 aliphatic rings. The number of benzene rings is 2. The number of hydrogen-bond donors (Lipinski definition) is 0. The summed E-state index contributed by atoms with van der Waals surface area (Å²) in [4.78, 5) is 21.7. The number of carbonyl (C=O) groups excluding carboxylic acids is 1. The number of ether oxygens (including phenoxy) is 2. The summed E-state index contributed by atoms with van der Waals surface area (Å²) in [6.07, 6.45) is 1.78. The molecule has 4 aromatic rings. The second-order valence-electron chi connectivity index (χ2n) is 7.83. The van der Waals surface area contributed by atoms with Gasteiger partial charge in [0.15, 0.2) is 0 Å². The van der Waals surface area contributed by atoms with Crippen molar-refractivity contribution in [2.75, 3.05) is 7.11 Å². The Kier molecular flexibility index (Phi) is 4.66. The number of fused-ring (bicyclic) bond motifs is 2. The average molecular weight is 386 g/mol. The third kappa shape index (κ3) is 3.76. The van der Waals surface area contributed by atoms with Crippen molar-refractivity contribution in [3.8, 4) is 17.0 Å². The van der Waals surface area contributed by atoms with Crippen LogP contribution >= 0.6 is 0 Å². The highest BCUT2D eigenvalue weighted by Crippen LogP contribution is 2.35. The smallest absolute Gasteiger partial charge is 0.338 e. The van der Waals surface area contributed by atoms with Gasteiger partial charge in [0.2, 0.25) is 5.88 Å². The van der Waals surface area contributed by atoms with E-state index in [-0.39, 0.29) is 5.97 Å². The van der Waals surface area contributed by atoms with Crippen LogP contribution in [0.5, 0.6) is 5.88 Å². The van der Waals surface area contributed by atoms with Gasteiger partial charge in [-0.15, -0.1) is 0 Å². The van der Waals surface area contributed by atoms with E-state index in [1.807, 2.05) is 69.3 Å². The van der Waals surface area contributed by atoms with E-state index in [1.54, 1.807) is 19.4 Å². The Labute approximate surface area is 169 Å². The Bertz CT molecular complexity index is 1220. The number of rotatable bonds is 3. The quantitative estimate of drug-likeness (QED) is 0.440. The Morgan fingerprint density at radius 3 is 2.52 bits per heavy atom. The predicted molar refractivity (Wildman–Crippen MR) is 114 cm³/mol. The lowest BCUT2D eigenvalue weighted by Gasteiger charge is -2.19. The van der Waals surface area contributed by atoms with Gasteiger partial charge >= 0.3 is 5.97 Å². The molecule has 0 unspecified atom stereocenters. The van der Waals surface area contributed by atoms with Gasteiger partial charge in [0.25, 0.3) is 0 Å². The van der Waals surface area contributed by atoms with Crippen molar-refractivity contribution in [3.63, 3.8) is 0 Å². The van der Waals surface area contributed by atoms with Crippen LogP contribution in [0.1, 0.15) is 31.1 Å². The van der Waals surface area contributed by atoms with Crippen molar-refractivity contribution in [2.45, 2.75) is 26.4 Å². The molecule has 4 rings (SSSR count).